The molecule has 1 fully saturated rings. The van der Waals surface area contributed by atoms with Crippen molar-refractivity contribution >= 4 is 84.1 Å². The van der Waals surface area contributed by atoms with E-state index in [4.69, 9.17) is 20.3 Å². The molecule has 4 unspecified atom stereocenters. The topological polar surface area (TPSA) is 328 Å². The molecule has 0 spiro atoms. The minimum Gasteiger partial charge on any atom is -0.390 e. The summed E-state index contributed by atoms with van der Waals surface area (Å²) < 4.78 is 57.2. The zero-order valence-corrected chi connectivity index (χ0v) is 51.5. The van der Waals surface area contributed by atoms with E-state index >= 15 is 0 Å². The number of carbonyl (C=O) groups is 1. The lowest BCUT2D eigenvalue weighted by atomic mass is 9.81. The molecular formula is C54H64Br2N10O14P3+. The lowest BCUT2D eigenvalue weighted by molar-refractivity contribution is -0.356. The van der Waals surface area contributed by atoms with Crippen molar-refractivity contribution in [3.63, 3.8) is 0 Å². The van der Waals surface area contributed by atoms with Gasteiger partial charge >= 0.3 is 29.2 Å². The molecule has 442 valence electrons. The van der Waals surface area contributed by atoms with E-state index in [1.807, 2.05) is 22.4 Å². The van der Waals surface area contributed by atoms with Gasteiger partial charge in [-0.15, -0.1) is 5.10 Å². The number of aromatic nitrogens is 5. The summed E-state index contributed by atoms with van der Waals surface area (Å²) in [5.41, 5.74) is 15.6. The standard InChI is InChI=1S/C54H63Br2N10O14P3/c1-53(2)40-17-8-10-19-42(40)64(28-25-55)46(53)23-21-36-14-12-15-37(22-24-47-54(3,4)41-18-9-11-20-43(41)65(47)29-26-56)50(36)59-32-48(68)58-27-30-63-34-39(61-62-63)16-7-5-6-13-38-33-66(52(69)60-51(38)57)49-31-44(67)45(78-49)35-77-82(73,74)80-83(75,76)79-81(70,71)72/h8-11,17-26,28-29,33-34,44-45,49,67H,5,7,12,14-16,27,30-32,35H2,1-4H3,(H7,57,58,60,68,69,70,71,72,73,74,75,76)/p+1/b28-25+,29-26+,36-21+,46-23+/t44-,45?,49?/m1/s1. The Kier molecular flexibility index (Phi) is 20.4. The van der Waals surface area contributed by atoms with Crippen LogP contribution in [0.1, 0.15) is 94.8 Å². The van der Waals surface area contributed by atoms with Crippen molar-refractivity contribution < 1.29 is 65.6 Å². The first-order chi connectivity index (χ1) is 39.3. The number of nitrogens with two attached hydrogens (primary N) is 1. The van der Waals surface area contributed by atoms with E-state index in [-0.39, 0.29) is 41.1 Å². The van der Waals surface area contributed by atoms with Crippen LogP contribution in [0.5, 0.6) is 0 Å². The van der Waals surface area contributed by atoms with Crippen LogP contribution in [-0.2, 0) is 60.2 Å². The van der Waals surface area contributed by atoms with Crippen molar-refractivity contribution in [2.24, 2.45) is 0 Å². The quantitative estimate of drug-likeness (QED) is 0.0160. The number of fused-ring (bicyclic) bond motifs is 2. The molecular weight excluding hydrogens is 1270 g/mol. The average Bonchev–Trinajstić information content (AvgIpc) is 2.11. The summed E-state index contributed by atoms with van der Waals surface area (Å²) in [5, 5.41) is 25.7. The first-order valence-corrected chi connectivity index (χ1v) is 32.6. The maximum absolute atomic E-state index is 13.6. The third kappa shape index (κ3) is 15.6. The van der Waals surface area contributed by atoms with Crippen LogP contribution in [0.2, 0.25) is 0 Å². The van der Waals surface area contributed by atoms with Gasteiger partial charge in [-0.25, -0.2) is 18.5 Å². The minimum atomic E-state index is -5.77. The molecule has 2 aromatic carbocycles. The van der Waals surface area contributed by atoms with E-state index in [9.17, 15) is 38.2 Å². The predicted octanol–water partition coefficient (Wildman–Crippen LogP) is 7.90. The van der Waals surface area contributed by atoms with Crippen LogP contribution in [-0.4, -0.2) is 97.3 Å². The number of aliphatic hydroxyl groups excluding tert-OH is 1. The Bertz CT molecular complexity index is 3630. The second-order valence-corrected chi connectivity index (χ2v) is 26.1. The van der Waals surface area contributed by atoms with E-state index in [2.05, 4.69) is 193 Å². The zero-order valence-electron chi connectivity index (χ0n) is 45.6. The fraction of sp³-hybridized carbons (Fsp3) is 0.370. The van der Waals surface area contributed by atoms with Crippen LogP contribution >= 0.6 is 55.3 Å². The number of benzene rings is 2. The van der Waals surface area contributed by atoms with Gasteiger partial charge in [-0.05, 0) is 79.8 Å². The molecule has 0 saturated carbocycles. The van der Waals surface area contributed by atoms with Crippen LogP contribution in [0.4, 0.5) is 17.2 Å². The molecule has 2 aromatic heterocycles. The highest BCUT2D eigenvalue weighted by Gasteiger charge is 2.45. The Morgan fingerprint density at radius 3 is 2.46 bits per heavy atom. The lowest BCUT2D eigenvalue weighted by Gasteiger charge is -2.26. The molecule has 4 aromatic rings. The molecule has 1 aliphatic carbocycles. The minimum absolute atomic E-state index is 0.0408. The smallest absolute Gasteiger partial charge is 0.390 e. The Morgan fingerprint density at radius 2 is 1.71 bits per heavy atom. The van der Waals surface area contributed by atoms with Crippen LogP contribution < -0.4 is 27.0 Å². The Morgan fingerprint density at radius 1 is 0.964 bits per heavy atom. The number of nitrogens with one attached hydrogen (secondary N) is 2. The van der Waals surface area contributed by atoms with Gasteiger partial charge in [0.2, 0.25) is 11.6 Å². The first-order valence-electron chi connectivity index (χ1n) is 26.2. The molecule has 83 heavy (non-hydrogen) atoms. The van der Waals surface area contributed by atoms with Gasteiger partial charge in [0.05, 0.1) is 42.5 Å². The van der Waals surface area contributed by atoms with E-state index in [0.717, 1.165) is 63.5 Å². The summed E-state index contributed by atoms with van der Waals surface area (Å²) >= 11 is 7.02. The largest absolute Gasteiger partial charge is 0.490 e. The van der Waals surface area contributed by atoms with Gasteiger partial charge in [0.1, 0.15) is 18.1 Å². The summed E-state index contributed by atoms with van der Waals surface area (Å²) in [6.07, 6.45) is 15.8. The molecule has 4 aliphatic rings. The van der Waals surface area contributed by atoms with Gasteiger partial charge in [0, 0.05) is 83.2 Å². The molecule has 1 amide bonds. The zero-order chi connectivity index (χ0) is 59.9. The first kappa shape index (κ1) is 63.3. The number of amides is 1. The average molecular weight is 1330 g/mol. The highest BCUT2D eigenvalue weighted by atomic mass is 79.9. The van der Waals surface area contributed by atoms with Crippen LogP contribution in [0.15, 0.2) is 135 Å². The number of phosphoric acid groups is 3. The van der Waals surface area contributed by atoms with Crippen molar-refractivity contribution in [1.82, 2.24) is 35.2 Å². The SMILES string of the molecule is CC1(C)C(/C=C/C2=C(NCC(=O)NCCn3cc(CCCC#Cc4cn(C5C[C@@H](O)C(COP(=O)(O)OP(=O)(O)OP(=O)(O)O)O5)c(=O)nc4N)nn3)C(=C/C=C3/N(/C=C/Br)c4ccccc4C3(C)C)/CCC2)=[N+](/C=C/Br)c2ccccc21. The Balaban J connectivity index is 0.871. The maximum atomic E-state index is 13.6. The molecule has 8 rings (SSSR count). The summed E-state index contributed by atoms with van der Waals surface area (Å²) in [7, 11) is -16.9. The highest BCUT2D eigenvalue weighted by Crippen LogP contribution is 2.66. The number of rotatable bonds is 22. The number of hydrogen-bond acceptors (Lipinski definition) is 16. The van der Waals surface area contributed by atoms with Gasteiger partial charge in [-0.1, -0.05) is 111 Å². The number of ether oxygens (including phenoxy) is 1. The van der Waals surface area contributed by atoms with E-state index < -0.39 is 54.2 Å². The van der Waals surface area contributed by atoms with E-state index in [1.165, 1.54) is 17.3 Å². The van der Waals surface area contributed by atoms with Gasteiger partial charge < -0.3 is 50.7 Å². The van der Waals surface area contributed by atoms with Crippen molar-refractivity contribution in [2.75, 3.05) is 30.3 Å². The Hall–Kier alpha value is -5.71. The number of phosphoric ester groups is 1. The number of nitrogens with zero attached hydrogens (tertiary/aromatic N) is 7. The fourth-order valence-electron chi connectivity index (χ4n) is 10.3. The summed E-state index contributed by atoms with van der Waals surface area (Å²) in [6, 6.07) is 16.9. The normalized spacial score (nSPS) is 21.9. The van der Waals surface area contributed by atoms with E-state index in [0.29, 0.717) is 38.0 Å². The van der Waals surface area contributed by atoms with Crippen LogP contribution in [0.25, 0.3) is 0 Å². The number of para-hydroxylation sites is 2. The van der Waals surface area contributed by atoms with Crippen molar-refractivity contribution in [3.8, 4) is 11.8 Å². The summed E-state index contributed by atoms with van der Waals surface area (Å²) in [5.74, 6) is 5.52. The molecule has 5 atom stereocenters. The summed E-state index contributed by atoms with van der Waals surface area (Å²) in [4.78, 5) is 72.8. The number of anilines is 2. The van der Waals surface area contributed by atoms with Crippen LogP contribution in [0.3, 0.4) is 0 Å². The second-order valence-electron chi connectivity index (χ2n) is 20.7. The number of aryl methyl sites for hydroxylation is 1. The highest BCUT2D eigenvalue weighted by molar-refractivity contribution is 9.11. The lowest BCUT2D eigenvalue weighted by Crippen LogP contribution is -2.36. The molecule has 1 saturated heterocycles. The van der Waals surface area contributed by atoms with Crippen molar-refractivity contribution in [2.45, 2.75) is 108 Å². The molecule has 0 radical (unpaired) electrons. The van der Waals surface area contributed by atoms with Crippen LogP contribution in [0, 0.1) is 11.8 Å². The van der Waals surface area contributed by atoms with Gasteiger partial charge in [0.25, 0.3) is 0 Å². The molecule has 29 heteroatoms. The number of hydrogen-bond donors (Lipinski definition) is 8. The van der Waals surface area contributed by atoms with Crippen molar-refractivity contribution in [3.05, 3.63) is 163 Å². The third-order valence-electron chi connectivity index (χ3n) is 14.2. The van der Waals surface area contributed by atoms with Crippen molar-refractivity contribution in [1.29, 1.82) is 0 Å². The molecule has 5 heterocycles. The monoisotopic (exact) mass is 1330 g/mol. The van der Waals surface area contributed by atoms with Gasteiger partial charge in [-0.2, -0.15) is 18.2 Å². The number of carbonyl (C=O) groups excluding carboxylic acids is 1. The second kappa shape index (κ2) is 26.7. The number of halogens is 2. The Labute approximate surface area is 495 Å². The maximum Gasteiger partial charge on any atom is 0.490 e. The predicted molar refractivity (Wildman–Crippen MR) is 317 cm³/mol. The molecule has 3 aliphatic heterocycles. The molecule has 9 N–H and O–H groups in total. The van der Waals surface area contributed by atoms with Gasteiger partial charge in [0.15, 0.2) is 11.9 Å². The van der Waals surface area contributed by atoms with Gasteiger partial charge in [-0.3, -0.25) is 18.6 Å². The number of allylic oxidation sites excluding steroid dienone is 7. The fourth-order valence-corrected chi connectivity index (χ4v) is 13.8. The third-order valence-corrected chi connectivity index (χ3v) is 18.5. The number of nitrogen functional groups attached to an aromatic ring is 1. The van der Waals surface area contributed by atoms with E-state index in [1.54, 1.807) is 10.9 Å². The number of aliphatic hydroxyl groups is 1. The molecule has 24 nitrogen and oxygen atoms in total. The number of unbranched alkanes of at least 4 members (excludes halogenated alkanes) is 1. The molecule has 0 bridgehead atoms. The summed E-state index contributed by atoms with van der Waals surface area (Å²) in [6.45, 7) is 8.73.